The minimum absolute atomic E-state index is 0.160. The third kappa shape index (κ3) is 2.54. The molecule has 0 saturated carbocycles. The van der Waals surface area contributed by atoms with Crippen LogP contribution in [0.2, 0.25) is 5.02 Å². The number of carbonyl (C=O) groups excluding carboxylic acids is 1. The summed E-state index contributed by atoms with van der Waals surface area (Å²) in [7, 11) is 0. The quantitative estimate of drug-likeness (QED) is 0.916. The molecule has 1 aliphatic carbocycles. The number of Topliss-reactive ketones (excluding diaryl/α,β-unsaturated/α-hetero) is 1. The van der Waals surface area contributed by atoms with Crippen molar-refractivity contribution in [1.82, 2.24) is 0 Å². The molecule has 0 atom stereocenters. The molecule has 0 saturated heterocycles. The number of hydrogen-bond donors (Lipinski definition) is 1. The van der Waals surface area contributed by atoms with Crippen molar-refractivity contribution in [2.75, 3.05) is 5.32 Å². The Labute approximate surface area is 127 Å². The summed E-state index contributed by atoms with van der Waals surface area (Å²) < 4.78 is 0. The van der Waals surface area contributed by atoms with Crippen LogP contribution in [0.4, 0.5) is 5.69 Å². The monoisotopic (exact) mass is 294 g/mol. The van der Waals surface area contributed by atoms with Gasteiger partial charge in [0.25, 0.3) is 0 Å². The highest BCUT2D eigenvalue weighted by Gasteiger charge is 2.25. The molecule has 2 aromatic carbocycles. The number of allylic oxidation sites excluding steroid dienone is 1. The summed E-state index contributed by atoms with van der Waals surface area (Å²) in [4.78, 5) is 12.1. The third-order valence-corrected chi connectivity index (χ3v) is 3.64. The first kappa shape index (κ1) is 13.4. The number of nitrogens with one attached hydrogen (secondary N) is 1. The summed E-state index contributed by atoms with van der Waals surface area (Å²) in [6, 6.07) is 16.8. The maximum atomic E-state index is 12.1. The normalized spacial score (nSPS) is 13.6. The fourth-order valence-corrected chi connectivity index (χ4v) is 2.51. The molecule has 4 heteroatoms. The van der Waals surface area contributed by atoms with E-state index < -0.39 is 0 Å². The SMILES string of the molecule is N#CC1=C(Nc2ccc(Cl)cc2)c2ccccc2CC1=O. The molecule has 2 aromatic rings. The predicted octanol–water partition coefficient (Wildman–Crippen LogP) is 3.81. The molecular weight excluding hydrogens is 284 g/mol. The molecule has 102 valence electrons. The Morgan fingerprint density at radius 2 is 1.81 bits per heavy atom. The Morgan fingerprint density at radius 3 is 2.52 bits per heavy atom. The molecule has 0 aliphatic heterocycles. The van der Waals surface area contributed by atoms with Crippen LogP contribution < -0.4 is 5.32 Å². The first-order chi connectivity index (χ1) is 10.2. The van der Waals surface area contributed by atoms with Crippen molar-refractivity contribution in [2.24, 2.45) is 0 Å². The molecule has 0 heterocycles. The predicted molar refractivity (Wildman–Crippen MR) is 82.8 cm³/mol. The van der Waals surface area contributed by atoms with Gasteiger partial charge in [0.15, 0.2) is 5.78 Å². The van der Waals surface area contributed by atoms with Crippen molar-refractivity contribution in [1.29, 1.82) is 5.26 Å². The van der Waals surface area contributed by atoms with E-state index in [2.05, 4.69) is 5.32 Å². The first-order valence-electron chi connectivity index (χ1n) is 6.47. The van der Waals surface area contributed by atoms with Crippen molar-refractivity contribution in [3.63, 3.8) is 0 Å². The molecule has 0 radical (unpaired) electrons. The molecule has 0 fully saturated rings. The van der Waals surface area contributed by atoms with E-state index in [1.165, 1.54) is 0 Å². The maximum Gasteiger partial charge on any atom is 0.179 e. The van der Waals surface area contributed by atoms with Crippen molar-refractivity contribution in [3.8, 4) is 6.07 Å². The highest BCUT2D eigenvalue weighted by Crippen LogP contribution is 2.30. The summed E-state index contributed by atoms with van der Waals surface area (Å²) in [5, 5.41) is 13.1. The molecule has 0 unspecified atom stereocenters. The van der Waals surface area contributed by atoms with Crippen LogP contribution in [0.15, 0.2) is 54.1 Å². The van der Waals surface area contributed by atoms with Gasteiger partial charge in [-0.3, -0.25) is 4.79 Å². The van der Waals surface area contributed by atoms with E-state index in [0.29, 0.717) is 10.7 Å². The van der Waals surface area contributed by atoms with E-state index in [1.54, 1.807) is 12.1 Å². The molecule has 1 aliphatic rings. The lowest BCUT2D eigenvalue weighted by molar-refractivity contribution is -0.114. The van der Waals surface area contributed by atoms with Crippen LogP contribution >= 0.6 is 11.6 Å². The molecule has 0 aromatic heterocycles. The molecular formula is C17H11ClN2O. The van der Waals surface area contributed by atoms with E-state index in [-0.39, 0.29) is 17.8 Å². The lowest BCUT2D eigenvalue weighted by Crippen LogP contribution is -2.18. The summed E-state index contributed by atoms with van der Waals surface area (Å²) in [5.74, 6) is -0.160. The molecule has 0 amide bonds. The van der Waals surface area contributed by atoms with Crippen LogP contribution in [0.1, 0.15) is 11.1 Å². The van der Waals surface area contributed by atoms with E-state index in [4.69, 9.17) is 11.6 Å². The number of ketones is 1. The minimum Gasteiger partial charge on any atom is -0.354 e. The van der Waals surface area contributed by atoms with Gasteiger partial charge in [-0.05, 0) is 29.8 Å². The van der Waals surface area contributed by atoms with Crippen LogP contribution in [0, 0.1) is 11.3 Å². The summed E-state index contributed by atoms with van der Waals surface area (Å²) >= 11 is 5.87. The molecule has 0 spiro atoms. The minimum atomic E-state index is -0.160. The second-order valence-corrected chi connectivity index (χ2v) is 5.19. The zero-order valence-electron chi connectivity index (χ0n) is 11.1. The number of carbonyl (C=O) groups is 1. The second-order valence-electron chi connectivity index (χ2n) is 4.75. The zero-order chi connectivity index (χ0) is 14.8. The molecule has 0 bridgehead atoms. The second kappa shape index (κ2) is 5.43. The highest BCUT2D eigenvalue weighted by molar-refractivity contribution is 6.30. The van der Waals surface area contributed by atoms with Gasteiger partial charge in [-0.15, -0.1) is 0 Å². The van der Waals surface area contributed by atoms with E-state index in [1.807, 2.05) is 42.5 Å². The fraction of sp³-hybridized carbons (Fsp3) is 0.0588. The number of nitrogens with zero attached hydrogens (tertiary/aromatic N) is 1. The van der Waals surface area contributed by atoms with E-state index >= 15 is 0 Å². The van der Waals surface area contributed by atoms with E-state index in [9.17, 15) is 10.1 Å². The standard InChI is InChI=1S/C17H11ClN2O/c18-12-5-7-13(8-6-12)20-17-14-4-2-1-3-11(14)9-16(21)15(17)10-19/h1-8,20H,9H2. The molecule has 1 N–H and O–H groups in total. The smallest absolute Gasteiger partial charge is 0.179 e. The topological polar surface area (TPSA) is 52.9 Å². The number of halogens is 1. The van der Waals surface area contributed by atoms with Crippen LogP contribution in [-0.2, 0) is 11.2 Å². The Morgan fingerprint density at radius 1 is 1.10 bits per heavy atom. The van der Waals surface area contributed by atoms with Crippen LogP contribution in [-0.4, -0.2) is 5.78 Å². The summed E-state index contributed by atoms with van der Waals surface area (Å²) in [5.41, 5.74) is 3.34. The summed E-state index contributed by atoms with van der Waals surface area (Å²) in [6.07, 6.45) is 0.269. The van der Waals surface area contributed by atoms with Gasteiger partial charge in [0, 0.05) is 22.7 Å². The Hall–Kier alpha value is -2.57. The number of hydrogen-bond acceptors (Lipinski definition) is 3. The number of anilines is 1. The van der Waals surface area contributed by atoms with Crippen molar-refractivity contribution in [2.45, 2.75) is 6.42 Å². The van der Waals surface area contributed by atoms with Crippen molar-refractivity contribution >= 4 is 28.8 Å². The number of nitriles is 1. The van der Waals surface area contributed by atoms with Crippen LogP contribution in [0.5, 0.6) is 0 Å². The lowest BCUT2D eigenvalue weighted by atomic mass is 9.89. The largest absolute Gasteiger partial charge is 0.354 e. The first-order valence-corrected chi connectivity index (χ1v) is 6.85. The lowest BCUT2D eigenvalue weighted by Gasteiger charge is -2.20. The number of benzene rings is 2. The maximum absolute atomic E-state index is 12.1. The average molecular weight is 295 g/mol. The Bertz CT molecular complexity index is 785. The van der Waals surface area contributed by atoms with Crippen molar-refractivity contribution in [3.05, 3.63) is 70.3 Å². The van der Waals surface area contributed by atoms with Gasteiger partial charge in [0.1, 0.15) is 11.6 Å². The van der Waals surface area contributed by atoms with Crippen LogP contribution in [0.3, 0.4) is 0 Å². The van der Waals surface area contributed by atoms with E-state index in [0.717, 1.165) is 16.8 Å². The third-order valence-electron chi connectivity index (χ3n) is 3.39. The average Bonchev–Trinajstić information content (AvgIpc) is 2.49. The van der Waals surface area contributed by atoms with Gasteiger partial charge >= 0.3 is 0 Å². The highest BCUT2D eigenvalue weighted by atomic mass is 35.5. The molecule has 3 nitrogen and oxygen atoms in total. The van der Waals surface area contributed by atoms with Gasteiger partial charge in [-0.1, -0.05) is 35.9 Å². The van der Waals surface area contributed by atoms with Gasteiger partial charge in [0.05, 0.1) is 5.70 Å². The Kier molecular flexibility index (Phi) is 3.47. The fourth-order valence-electron chi connectivity index (χ4n) is 2.38. The van der Waals surface area contributed by atoms with Crippen molar-refractivity contribution < 1.29 is 4.79 Å². The molecule has 21 heavy (non-hydrogen) atoms. The number of rotatable bonds is 2. The van der Waals surface area contributed by atoms with Crippen LogP contribution in [0.25, 0.3) is 5.70 Å². The molecule has 3 rings (SSSR count). The van der Waals surface area contributed by atoms with Gasteiger partial charge in [-0.25, -0.2) is 0 Å². The van der Waals surface area contributed by atoms with Gasteiger partial charge < -0.3 is 5.32 Å². The number of fused-ring (bicyclic) bond motifs is 1. The Balaban J connectivity index is 2.09. The van der Waals surface area contributed by atoms with Gasteiger partial charge in [-0.2, -0.15) is 5.26 Å². The van der Waals surface area contributed by atoms with Gasteiger partial charge in [0.2, 0.25) is 0 Å². The summed E-state index contributed by atoms with van der Waals surface area (Å²) in [6.45, 7) is 0. The zero-order valence-corrected chi connectivity index (χ0v) is 11.8.